The molecule has 0 radical (unpaired) electrons. The first-order valence-electron chi connectivity index (χ1n) is 13.5. The molecule has 1 aromatic rings. The van der Waals surface area contributed by atoms with Crippen molar-refractivity contribution in [3.63, 3.8) is 0 Å². The lowest BCUT2D eigenvalue weighted by molar-refractivity contribution is -0.376. The van der Waals surface area contributed by atoms with E-state index in [9.17, 15) is 36.2 Å². The van der Waals surface area contributed by atoms with E-state index in [-0.39, 0.29) is 58.5 Å². The maximum absolute atomic E-state index is 12.6. The van der Waals surface area contributed by atoms with Crippen LogP contribution in [0.5, 0.6) is 5.75 Å². The highest BCUT2D eigenvalue weighted by Gasteiger charge is 2.71. The third-order valence-corrected chi connectivity index (χ3v) is 7.80. The molecule has 1 aromatic carbocycles. The summed E-state index contributed by atoms with van der Waals surface area (Å²) in [6.07, 6.45) is -5.65. The summed E-state index contributed by atoms with van der Waals surface area (Å²) in [7, 11) is 0. The van der Waals surface area contributed by atoms with E-state index in [0.29, 0.717) is 24.5 Å². The maximum atomic E-state index is 12.6. The lowest BCUT2D eigenvalue weighted by Gasteiger charge is -2.39. The minimum atomic E-state index is -5.88. The Morgan fingerprint density at radius 1 is 0.860 bits per heavy atom. The zero-order chi connectivity index (χ0) is 30.4. The fourth-order valence-electron chi connectivity index (χ4n) is 4.14. The molecule has 1 unspecified atom stereocenters. The Kier molecular flexibility index (Phi) is 20.2. The fourth-order valence-corrected chi connectivity index (χ4v) is 4.14. The van der Waals surface area contributed by atoms with Gasteiger partial charge >= 0.3 is 18.3 Å². The molecule has 0 aliphatic heterocycles. The van der Waals surface area contributed by atoms with E-state index < -0.39 is 23.5 Å². The van der Waals surface area contributed by atoms with Crippen LogP contribution in [0.2, 0.25) is 0 Å². The van der Waals surface area contributed by atoms with Crippen molar-refractivity contribution in [3.8, 4) is 5.75 Å². The van der Waals surface area contributed by atoms with Crippen molar-refractivity contribution in [1.82, 2.24) is 0 Å². The van der Waals surface area contributed by atoms with Crippen molar-refractivity contribution in [3.05, 3.63) is 29.8 Å². The lowest BCUT2D eigenvalue weighted by atomic mass is 9.75. The molecular weight excluding hydrogens is 574 g/mol. The number of esters is 1. The predicted molar refractivity (Wildman–Crippen MR) is 165 cm³/mol. The first kappa shape index (κ1) is 47.9. The molecule has 10 heteroatoms. The monoisotopic (exact) mass is 634 g/mol. The van der Waals surface area contributed by atoms with Gasteiger partial charge in [-0.25, -0.2) is 0 Å². The number of rotatable bonds is 8. The maximum Gasteiger partial charge on any atom is 0.430 e. The molecular formula is C33H60F6O4. The average Bonchev–Trinajstić information content (AvgIpc) is 2.82. The molecule has 0 saturated heterocycles. The minimum Gasteiger partial charge on any atom is -0.491 e. The van der Waals surface area contributed by atoms with Crippen molar-refractivity contribution >= 4 is 5.97 Å². The lowest BCUT2D eigenvalue weighted by Crippen LogP contribution is -2.53. The number of halogens is 6. The molecule has 1 atom stereocenters. The zero-order valence-corrected chi connectivity index (χ0v) is 24.2. The molecule has 1 saturated carbocycles. The summed E-state index contributed by atoms with van der Waals surface area (Å²) in [5, 5.41) is 9.18. The summed E-state index contributed by atoms with van der Waals surface area (Å²) in [4.78, 5) is 12.2. The Balaban J connectivity index is -0.000000327. The molecule has 0 amide bonds. The molecule has 2 rings (SSSR count). The van der Waals surface area contributed by atoms with Crippen molar-refractivity contribution in [2.24, 2.45) is 17.3 Å². The molecule has 0 heterocycles. The van der Waals surface area contributed by atoms with Gasteiger partial charge in [-0.15, -0.1) is 0 Å². The zero-order valence-electron chi connectivity index (χ0n) is 24.2. The van der Waals surface area contributed by atoms with Gasteiger partial charge in [0.15, 0.2) is 0 Å². The van der Waals surface area contributed by atoms with Gasteiger partial charge in [-0.3, -0.25) is 4.79 Å². The van der Waals surface area contributed by atoms with Crippen molar-refractivity contribution in [2.45, 2.75) is 153 Å². The second kappa shape index (κ2) is 18.1. The van der Waals surface area contributed by atoms with Crippen LogP contribution in [0.3, 0.4) is 0 Å². The third-order valence-electron chi connectivity index (χ3n) is 7.80. The molecule has 1 N–H and O–H groups in total. The summed E-state index contributed by atoms with van der Waals surface area (Å²) in [6, 6.07) is 3.03. The van der Waals surface area contributed by atoms with Crippen LogP contribution in [0.1, 0.15) is 129 Å². The molecule has 0 spiro atoms. The quantitative estimate of drug-likeness (QED) is 0.228. The van der Waals surface area contributed by atoms with E-state index in [4.69, 9.17) is 9.47 Å². The highest BCUT2D eigenvalue weighted by molar-refractivity contribution is 5.76. The standard InChI is InChI=1S/C16H30O2.C13H14F6O2.4CH4/c1-7-15(3,4)14(17)18-16(5,6)13-10-8-12(2)9-11-13;1-3-8(2)21-10-6-4-9(5-7-10)11(20,12(14,15)16)13(17,18)19;;;;/h12-13H,7-11H2,1-6H3;4-8,20H,3H2,1-2H3;4*1H4. The Hall–Kier alpha value is -1.97. The first-order chi connectivity index (χ1) is 17.6. The van der Waals surface area contributed by atoms with E-state index in [0.717, 1.165) is 24.5 Å². The summed E-state index contributed by atoms with van der Waals surface area (Å²) in [5.41, 5.74) is -6.89. The van der Waals surface area contributed by atoms with Crippen molar-refractivity contribution in [1.29, 1.82) is 0 Å². The second-order valence-electron chi connectivity index (χ2n) is 11.8. The Morgan fingerprint density at radius 2 is 1.28 bits per heavy atom. The Labute approximate surface area is 257 Å². The number of aliphatic hydroxyl groups is 1. The van der Waals surface area contributed by atoms with Crippen LogP contribution in [0, 0.1) is 17.3 Å². The summed E-state index contributed by atoms with van der Waals surface area (Å²) < 4.78 is 87.0. The van der Waals surface area contributed by atoms with E-state index in [2.05, 4.69) is 20.8 Å². The minimum absolute atomic E-state index is 0. The van der Waals surface area contributed by atoms with Gasteiger partial charge in [0.2, 0.25) is 0 Å². The van der Waals surface area contributed by atoms with E-state index in [1.165, 1.54) is 25.7 Å². The number of alkyl halides is 6. The van der Waals surface area contributed by atoms with Gasteiger partial charge in [0.05, 0.1) is 11.5 Å². The van der Waals surface area contributed by atoms with Crippen LogP contribution < -0.4 is 4.74 Å². The Bertz CT molecular complexity index is 885. The van der Waals surface area contributed by atoms with Crippen LogP contribution in [-0.2, 0) is 15.1 Å². The number of ether oxygens (including phenoxy) is 2. The third kappa shape index (κ3) is 12.5. The molecule has 0 aromatic heterocycles. The van der Waals surface area contributed by atoms with Crippen LogP contribution in [0.25, 0.3) is 0 Å². The van der Waals surface area contributed by atoms with Gasteiger partial charge in [0.25, 0.3) is 5.60 Å². The van der Waals surface area contributed by atoms with Crippen molar-refractivity contribution < 1.29 is 45.7 Å². The molecule has 4 nitrogen and oxygen atoms in total. The van der Waals surface area contributed by atoms with Crippen molar-refractivity contribution in [2.75, 3.05) is 0 Å². The summed E-state index contributed by atoms with van der Waals surface area (Å²) in [6.45, 7) is 16.0. The van der Waals surface area contributed by atoms with E-state index >= 15 is 0 Å². The predicted octanol–water partition coefficient (Wildman–Crippen LogP) is 11.3. The number of carbonyl (C=O) groups is 1. The first-order valence-corrected chi connectivity index (χ1v) is 13.5. The number of carbonyl (C=O) groups excluding carboxylic acids is 1. The topological polar surface area (TPSA) is 55.8 Å². The van der Waals surface area contributed by atoms with E-state index in [1.54, 1.807) is 6.92 Å². The van der Waals surface area contributed by atoms with Crippen LogP contribution in [-0.4, -0.2) is 35.1 Å². The van der Waals surface area contributed by atoms with Crippen LogP contribution in [0.4, 0.5) is 26.3 Å². The normalized spacial score (nSPS) is 18.1. The summed E-state index contributed by atoms with van der Waals surface area (Å²) >= 11 is 0. The largest absolute Gasteiger partial charge is 0.491 e. The number of hydrogen-bond donors (Lipinski definition) is 1. The van der Waals surface area contributed by atoms with Crippen LogP contribution >= 0.6 is 0 Å². The molecule has 0 bridgehead atoms. The van der Waals surface area contributed by atoms with E-state index in [1.807, 2.05) is 27.7 Å². The van der Waals surface area contributed by atoms with Gasteiger partial charge in [-0.1, -0.05) is 75.5 Å². The van der Waals surface area contributed by atoms with Gasteiger partial charge in [0, 0.05) is 5.56 Å². The summed E-state index contributed by atoms with van der Waals surface area (Å²) in [5.74, 6) is 1.43. The molecule has 1 aliphatic carbocycles. The molecule has 1 aliphatic rings. The Morgan fingerprint density at radius 3 is 1.63 bits per heavy atom. The average molecular weight is 635 g/mol. The van der Waals surface area contributed by atoms with Gasteiger partial charge in [-0.2, -0.15) is 26.3 Å². The van der Waals surface area contributed by atoms with Crippen LogP contribution in [0.15, 0.2) is 24.3 Å². The molecule has 43 heavy (non-hydrogen) atoms. The molecule has 258 valence electrons. The second-order valence-corrected chi connectivity index (χ2v) is 11.8. The molecule has 1 fully saturated rings. The van der Waals surface area contributed by atoms with Gasteiger partial charge < -0.3 is 14.6 Å². The number of hydrogen-bond acceptors (Lipinski definition) is 4. The van der Waals surface area contributed by atoms with Gasteiger partial charge in [-0.05, 0) is 84.3 Å². The SMILES string of the molecule is C.C.C.C.CCC(C)(C)C(=O)OC(C)(C)C1CCC(C)CC1.CCC(C)Oc1ccc(C(O)(C(F)(F)F)C(F)(F)F)cc1. The highest BCUT2D eigenvalue weighted by Crippen LogP contribution is 2.50. The number of benzene rings is 1. The highest BCUT2D eigenvalue weighted by atomic mass is 19.4. The smallest absolute Gasteiger partial charge is 0.430 e. The van der Waals surface area contributed by atoms with Gasteiger partial charge in [0.1, 0.15) is 11.4 Å². The fraction of sp³-hybridized carbons (Fsp3) is 0.788.